The largest absolute Gasteiger partial charge is 0.368 e. The van der Waals surface area contributed by atoms with Gasteiger partial charge >= 0.3 is 0 Å². The summed E-state index contributed by atoms with van der Waals surface area (Å²) < 4.78 is 36.8. The van der Waals surface area contributed by atoms with Crippen LogP contribution in [0, 0.1) is 5.82 Å². The Bertz CT molecular complexity index is 782. The van der Waals surface area contributed by atoms with Gasteiger partial charge in [-0.15, -0.1) is 0 Å². The third-order valence-electron chi connectivity index (χ3n) is 4.10. The van der Waals surface area contributed by atoms with Crippen LogP contribution in [0.2, 0.25) is 0 Å². The number of halogens is 1. The van der Waals surface area contributed by atoms with Crippen LogP contribution >= 0.6 is 0 Å². The molecule has 0 saturated carbocycles. The number of anilines is 2. The highest BCUT2D eigenvalue weighted by molar-refractivity contribution is 7.90. The van der Waals surface area contributed by atoms with E-state index in [0.29, 0.717) is 10.6 Å². The van der Waals surface area contributed by atoms with E-state index in [-0.39, 0.29) is 5.82 Å². The van der Waals surface area contributed by atoms with Crippen LogP contribution in [0.5, 0.6) is 0 Å². The minimum atomic E-state index is -3.17. The maximum Gasteiger partial charge on any atom is 0.175 e. The minimum absolute atomic E-state index is 0.196. The van der Waals surface area contributed by atoms with Crippen molar-refractivity contribution in [1.82, 2.24) is 0 Å². The predicted octanol–water partition coefficient (Wildman–Crippen LogP) is 2.56. The third-order valence-corrected chi connectivity index (χ3v) is 5.23. The first-order chi connectivity index (χ1) is 10.9. The zero-order valence-corrected chi connectivity index (χ0v) is 13.8. The van der Waals surface area contributed by atoms with Crippen LogP contribution < -0.4 is 9.80 Å². The molecule has 122 valence electrons. The first-order valence-corrected chi connectivity index (χ1v) is 9.39. The molecular formula is C17H19FN2O2S. The molecule has 0 amide bonds. The first kappa shape index (κ1) is 15.8. The fourth-order valence-electron chi connectivity index (χ4n) is 2.82. The highest BCUT2D eigenvalue weighted by atomic mass is 32.2. The summed E-state index contributed by atoms with van der Waals surface area (Å²) in [5, 5.41) is 0. The Kier molecular flexibility index (Phi) is 4.26. The molecule has 1 aliphatic rings. The summed E-state index contributed by atoms with van der Waals surface area (Å²) in [7, 11) is -3.17. The number of hydrogen-bond donors (Lipinski definition) is 0. The normalized spacial score (nSPS) is 15.7. The van der Waals surface area contributed by atoms with E-state index in [2.05, 4.69) is 4.90 Å². The molecule has 0 radical (unpaired) electrons. The zero-order chi connectivity index (χ0) is 16.4. The average Bonchev–Trinajstić information content (AvgIpc) is 2.55. The maximum absolute atomic E-state index is 13.8. The lowest BCUT2D eigenvalue weighted by Gasteiger charge is -2.37. The molecule has 3 rings (SSSR count). The molecule has 1 saturated heterocycles. The Balaban J connectivity index is 1.68. The van der Waals surface area contributed by atoms with Gasteiger partial charge < -0.3 is 9.80 Å². The summed E-state index contributed by atoms with van der Waals surface area (Å²) >= 11 is 0. The van der Waals surface area contributed by atoms with E-state index in [1.165, 1.54) is 12.3 Å². The number of nitrogens with zero attached hydrogens (tertiary/aromatic N) is 2. The summed E-state index contributed by atoms with van der Waals surface area (Å²) in [6.07, 6.45) is 1.20. The molecule has 6 heteroatoms. The summed E-state index contributed by atoms with van der Waals surface area (Å²) in [6.45, 7) is 3.00. The van der Waals surface area contributed by atoms with Crippen LogP contribution in [0.1, 0.15) is 0 Å². The number of hydrogen-bond acceptors (Lipinski definition) is 4. The molecular weight excluding hydrogens is 315 g/mol. The van der Waals surface area contributed by atoms with Gasteiger partial charge in [-0.1, -0.05) is 12.1 Å². The number of rotatable bonds is 3. The second-order valence-corrected chi connectivity index (χ2v) is 7.71. The second kappa shape index (κ2) is 6.20. The Labute approximate surface area is 136 Å². The van der Waals surface area contributed by atoms with Crippen molar-refractivity contribution in [2.45, 2.75) is 4.90 Å². The average molecular weight is 334 g/mol. The van der Waals surface area contributed by atoms with E-state index in [1.807, 2.05) is 23.1 Å². The van der Waals surface area contributed by atoms with Gasteiger partial charge in [0.1, 0.15) is 5.82 Å². The molecule has 23 heavy (non-hydrogen) atoms. The molecule has 2 aromatic rings. The van der Waals surface area contributed by atoms with Gasteiger partial charge in [-0.3, -0.25) is 0 Å². The number of benzene rings is 2. The molecule has 1 aliphatic heterocycles. The minimum Gasteiger partial charge on any atom is -0.368 e. The number of para-hydroxylation sites is 1. The summed E-state index contributed by atoms with van der Waals surface area (Å²) in [5.41, 5.74) is 1.63. The van der Waals surface area contributed by atoms with Gasteiger partial charge in [0, 0.05) is 38.1 Å². The van der Waals surface area contributed by atoms with Gasteiger partial charge in [-0.25, -0.2) is 12.8 Å². The Hall–Kier alpha value is -2.08. The standard InChI is InChI=1S/C17H19FN2O2S/c1-23(21,22)15-8-6-14(7-9-15)19-10-12-20(13-11-19)17-5-3-2-4-16(17)18/h2-9H,10-13H2,1H3. The molecule has 0 atom stereocenters. The summed E-state index contributed by atoms with van der Waals surface area (Å²) in [6, 6.07) is 13.7. The molecule has 2 aromatic carbocycles. The Morgan fingerprint density at radius 1 is 0.870 bits per heavy atom. The van der Waals surface area contributed by atoms with Gasteiger partial charge in [0.25, 0.3) is 0 Å². The van der Waals surface area contributed by atoms with Gasteiger partial charge in [0.15, 0.2) is 9.84 Å². The molecule has 0 bridgehead atoms. The van der Waals surface area contributed by atoms with Crippen molar-refractivity contribution in [3.63, 3.8) is 0 Å². The van der Waals surface area contributed by atoms with Crippen LogP contribution in [-0.2, 0) is 9.84 Å². The monoisotopic (exact) mass is 334 g/mol. The van der Waals surface area contributed by atoms with Crippen LogP contribution in [0.4, 0.5) is 15.8 Å². The maximum atomic E-state index is 13.8. The molecule has 0 aliphatic carbocycles. The summed E-state index contributed by atoms with van der Waals surface area (Å²) in [5.74, 6) is -0.196. The van der Waals surface area contributed by atoms with E-state index >= 15 is 0 Å². The predicted molar refractivity (Wildman–Crippen MR) is 90.4 cm³/mol. The highest BCUT2D eigenvalue weighted by Crippen LogP contribution is 2.23. The van der Waals surface area contributed by atoms with Gasteiger partial charge in [-0.2, -0.15) is 0 Å². The second-order valence-electron chi connectivity index (χ2n) is 5.69. The number of sulfone groups is 1. The fraction of sp³-hybridized carbons (Fsp3) is 0.294. The van der Waals surface area contributed by atoms with Crippen molar-refractivity contribution in [3.05, 3.63) is 54.3 Å². The van der Waals surface area contributed by atoms with E-state index in [1.54, 1.807) is 24.3 Å². The van der Waals surface area contributed by atoms with Gasteiger partial charge in [0.2, 0.25) is 0 Å². The number of piperazine rings is 1. The van der Waals surface area contributed by atoms with E-state index in [0.717, 1.165) is 31.9 Å². The topological polar surface area (TPSA) is 40.6 Å². The lowest BCUT2D eigenvalue weighted by atomic mass is 10.2. The van der Waals surface area contributed by atoms with Gasteiger partial charge in [0.05, 0.1) is 10.6 Å². The van der Waals surface area contributed by atoms with Crippen molar-refractivity contribution in [2.75, 3.05) is 42.2 Å². The highest BCUT2D eigenvalue weighted by Gasteiger charge is 2.19. The van der Waals surface area contributed by atoms with E-state index < -0.39 is 9.84 Å². The van der Waals surface area contributed by atoms with Crippen LogP contribution in [-0.4, -0.2) is 40.9 Å². The van der Waals surface area contributed by atoms with Crippen molar-refractivity contribution in [2.24, 2.45) is 0 Å². The summed E-state index contributed by atoms with van der Waals surface area (Å²) in [4.78, 5) is 4.55. The Morgan fingerprint density at radius 3 is 2.00 bits per heavy atom. The third kappa shape index (κ3) is 3.47. The molecule has 0 unspecified atom stereocenters. The smallest absolute Gasteiger partial charge is 0.175 e. The lowest BCUT2D eigenvalue weighted by Crippen LogP contribution is -2.46. The fourth-order valence-corrected chi connectivity index (χ4v) is 3.45. The van der Waals surface area contributed by atoms with Gasteiger partial charge in [-0.05, 0) is 36.4 Å². The lowest BCUT2D eigenvalue weighted by molar-refractivity contribution is 0.598. The van der Waals surface area contributed by atoms with Crippen molar-refractivity contribution >= 4 is 21.2 Å². The molecule has 1 heterocycles. The Morgan fingerprint density at radius 2 is 1.43 bits per heavy atom. The van der Waals surface area contributed by atoms with Crippen LogP contribution in [0.15, 0.2) is 53.4 Å². The molecule has 0 spiro atoms. The van der Waals surface area contributed by atoms with Crippen LogP contribution in [0.25, 0.3) is 0 Å². The van der Waals surface area contributed by atoms with Crippen molar-refractivity contribution in [3.8, 4) is 0 Å². The van der Waals surface area contributed by atoms with E-state index in [9.17, 15) is 12.8 Å². The molecule has 0 aromatic heterocycles. The molecule has 4 nitrogen and oxygen atoms in total. The van der Waals surface area contributed by atoms with Crippen molar-refractivity contribution < 1.29 is 12.8 Å². The molecule has 1 fully saturated rings. The van der Waals surface area contributed by atoms with E-state index in [4.69, 9.17) is 0 Å². The zero-order valence-electron chi connectivity index (χ0n) is 12.9. The van der Waals surface area contributed by atoms with Crippen molar-refractivity contribution in [1.29, 1.82) is 0 Å². The van der Waals surface area contributed by atoms with Crippen LogP contribution in [0.3, 0.4) is 0 Å². The quantitative estimate of drug-likeness (QED) is 0.865. The first-order valence-electron chi connectivity index (χ1n) is 7.50. The molecule has 0 N–H and O–H groups in total. The SMILES string of the molecule is CS(=O)(=O)c1ccc(N2CCN(c3ccccc3F)CC2)cc1.